The molecule has 2 aliphatic rings. The maximum absolute atomic E-state index is 13.2. The van der Waals surface area contributed by atoms with E-state index in [4.69, 9.17) is 4.74 Å². The lowest BCUT2D eigenvalue weighted by Crippen LogP contribution is -2.39. The van der Waals surface area contributed by atoms with E-state index in [1.54, 1.807) is 0 Å². The second kappa shape index (κ2) is 7.46. The van der Waals surface area contributed by atoms with Crippen LogP contribution in [0.4, 0.5) is 5.69 Å². The quantitative estimate of drug-likeness (QED) is 0.788. The molecule has 1 aliphatic carbocycles. The van der Waals surface area contributed by atoms with E-state index < -0.39 is 0 Å². The highest BCUT2D eigenvalue weighted by molar-refractivity contribution is 5.86. The summed E-state index contributed by atoms with van der Waals surface area (Å²) in [6.07, 6.45) is 4.47. The van der Waals surface area contributed by atoms with Crippen LogP contribution in [-0.2, 0) is 14.3 Å². The van der Waals surface area contributed by atoms with Crippen LogP contribution in [0.2, 0.25) is 0 Å². The number of ether oxygens (including phenoxy) is 1. The van der Waals surface area contributed by atoms with Crippen molar-refractivity contribution in [2.45, 2.75) is 38.1 Å². The second-order valence-electron chi connectivity index (χ2n) is 7.35. The second-order valence-corrected chi connectivity index (χ2v) is 7.35. The number of benzene rings is 1. The van der Waals surface area contributed by atoms with Crippen LogP contribution in [0.15, 0.2) is 24.3 Å². The standard InChI is InChI=1S/C20H28N2O3/c1-21(2)15-8-4-7-14(13-15)18-11-6-12-22(18)19(23)16-9-5-10-17(16)20(24)25-3/h4,7-8,13,16-18H,5-6,9-12H2,1-3H3. The summed E-state index contributed by atoms with van der Waals surface area (Å²) in [5.74, 6) is -0.594. The summed E-state index contributed by atoms with van der Waals surface area (Å²) in [5.41, 5.74) is 2.33. The maximum atomic E-state index is 13.2. The van der Waals surface area contributed by atoms with Gasteiger partial charge in [-0.3, -0.25) is 9.59 Å². The minimum atomic E-state index is -0.271. The zero-order valence-electron chi connectivity index (χ0n) is 15.4. The summed E-state index contributed by atoms with van der Waals surface area (Å²) < 4.78 is 4.92. The van der Waals surface area contributed by atoms with Gasteiger partial charge in [0.1, 0.15) is 0 Å². The van der Waals surface area contributed by atoms with Crippen LogP contribution in [-0.4, -0.2) is 44.5 Å². The molecule has 1 aliphatic heterocycles. The lowest BCUT2D eigenvalue weighted by Gasteiger charge is -2.30. The number of hydrogen-bond acceptors (Lipinski definition) is 4. The Hall–Kier alpha value is -2.04. The largest absolute Gasteiger partial charge is 0.469 e. The predicted octanol–water partition coefficient (Wildman–Crippen LogP) is 3.01. The molecule has 3 unspecified atom stereocenters. The minimum absolute atomic E-state index is 0.117. The Morgan fingerprint density at radius 1 is 1.12 bits per heavy atom. The van der Waals surface area contributed by atoms with Crippen LogP contribution in [0, 0.1) is 11.8 Å². The third-order valence-electron chi connectivity index (χ3n) is 5.64. The van der Waals surface area contributed by atoms with Crippen molar-refractivity contribution in [1.29, 1.82) is 0 Å². The molecule has 0 aromatic heterocycles. The first kappa shape index (κ1) is 17.8. The van der Waals surface area contributed by atoms with Gasteiger partial charge in [0.2, 0.25) is 5.91 Å². The molecule has 0 radical (unpaired) electrons. The third kappa shape index (κ3) is 3.51. The van der Waals surface area contributed by atoms with E-state index >= 15 is 0 Å². The first-order valence-corrected chi connectivity index (χ1v) is 9.18. The molecule has 1 aromatic carbocycles. The minimum Gasteiger partial charge on any atom is -0.469 e. The highest BCUT2D eigenvalue weighted by atomic mass is 16.5. The maximum Gasteiger partial charge on any atom is 0.309 e. The summed E-state index contributed by atoms with van der Waals surface area (Å²) in [4.78, 5) is 29.3. The Balaban J connectivity index is 1.80. The molecule has 5 nitrogen and oxygen atoms in total. The smallest absolute Gasteiger partial charge is 0.309 e. The number of carbonyl (C=O) groups is 2. The summed E-state index contributed by atoms with van der Waals surface area (Å²) in [5, 5.41) is 0. The van der Waals surface area contributed by atoms with E-state index in [0.29, 0.717) is 0 Å². The van der Waals surface area contributed by atoms with Gasteiger partial charge in [0.05, 0.1) is 25.0 Å². The topological polar surface area (TPSA) is 49.9 Å². The first-order valence-electron chi connectivity index (χ1n) is 9.18. The molecule has 0 spiro atoms. The Bertz CT molecular complexity index is 644. The van der Waals surface area contributed by atoms with Crippen LogP contribution in [0.25, 0.3) is 0 Å². The Labute approximate surface area is 149 Å². The SMILES string of the molecule is COC(=O)C1CCCC1C(=O)N1CCCC1c1cccc(N(C)C)c1. The van der Waals surface area contributed by atoms with E-state index in [-0.39, 0.29) is 29.8 Å². The summed E-state index contributed by atoms with van der Waals surface area (Å²) >= 11 is 0. The van der Waals surface area contributed by atoms with Gasteiger partial charge in [-0.1, -0.05) is 18.6 Å². The average Bonchev–Trinajstić information content (AvgIpc) is 3.29. The molecule has 3 atom stereocenters. The van der Waals surface area contributed by atoms with Crippen LogP contribution in [0.3, 0.4) is 0 Å². The molecule has 136 valence electrons. The van der Waals surface area contributed by atoms with Gasteiger partial charge in [-0.15, -0.1) is 0 Å². The van der Waals surface area contributed by atoms with E-state index in [0.717, 1.165) is 44.3 Å². The number of amides is 1. The third-order valence-corrected chi connectivity index (χ3v) is 5.64. The lowest BCUT2D eigenvalue weighted by atomic mass is 9.93. The van der Waals surface area contributed by atoms with Crippen molar-refractivity contribution in [3.63, 3.8) is 0 Å². The van der Waals surface area contributed by atoms with E-state index in [1.807, 2.05) is 19.0 Å². The molecule has 1 saturated carbocycles. The Morgan fingerprint density at radius 3 is 2.60 bits per heavy atom. The van der Waals surface area contributed by atoms with Crippen molar-refractivity contribution in [2.24, 2.45) is 11.8 Å². The number of esters is 1. The average molecular weight is 344 g/mol. The van der Waals surface area contributed by atoms with Gasteiger partial charge in [0.25, 0.3) is 0 Å². The molecule has 3 rings (SSSR count). The van der Waals surface area contributed by atoms with Crippen molar-refractivity contribution >= 4 is 17.6 Å². The summed E-state index contributed by atoms with van der Waals surface area (Å²) in [6.45, 7) is 0.778. The molecule has 1 amide bonds. The van der Waals surface area contributed by atoms with Gasteiger partial charge in [-0.2, -0.15) is 0 Å². The van der Waals surface area contributed by atoms with E-state index in [9.17, 15) is 9.59 Å². The molecular weight excluding hydrogens is 316 g/mol. The lowest BCUT2D eigenvalue weighted by molar-refractivity contribution is -0.152. The predicted molar refractivity (Wildman–Crippen MR) is 97.3 cm³/mol. The van der Waals surface area contributed by atoms with E-state index in [2.05, 4.69) is 29.2 Å². The number of nitrogens with zero attached hydrogens (tertiary/aromatic N) is 2. The van der Waals surface area contributed by atoms with Crippen molar-refractivity contribution in [2.75, 3.05) is 32.6 Å². The van der Waals surface area contributed by atoms with Gasteiger partial charge < -0.3 is 14.5 Å². The number of methoxy groups -OCH3 is 1. The van der Waals surface area contributed by atoms with E-state index in [1.165, 1.54) is 12.7 Å². The molecule has 0 bridgehead atoms. The fourth-order valence-electron chi connectivity index (χ4n) is 4.29. The normalized spacial score (nSPS) is 25.9. The van der Waals surface area contributed by atoms with Crippen LogP contribution >= 0.6 is 0 Å². The van der Waals surface area contributed by atoms with Gasteiger partial charge in [-0.25, -0.2) is 0 Å². The van der Waals surface area contributed by atoms with Crippen molar-refractivity contribution < 1.29 is 14.3 Å². The van der Waals surface area contributed by atoms with Crippen LogP contribution in [0.1, 0.15) is 43.7 Å². The highest BCUT2D eigenvalue weighted by Gasteiger charge is 2.43. The molecule has 1 aromatic rings. The molecule has 2 fully saturated rings. The summed E-state index contributed by atoms with van der Waals surface area (Å²) in [6, 6.07) is 8.53. The van der Waals surface area contributed by atoms with Crippen molar-refractivity contribution in [1.82, 2.24) is 4.90 Å². The molecule has 1 heterocycles. The highest BCUT2D eigenvalue weighted by Crippen LogP contribution is 2.39. The molecule has 1 saturated heterocycles. The summed E-state index contributed by atoms with van der Waals surface area (Å²) in [7, 11) is 5.46. The van der Waals surface area contributed by atoms with Gasteiger partial charge >= 0.3 is 5.97 Å². The molecule has 5 heteroatoms. The fraction of sp³-hybridized carbons (Fsp3) is 0.600. The number of likely N-dealkylation sites (tertiary alicyclic amines) is 1. The number of rotatable bonds is 4. The number of hydrogen-bond donors (Lipinski definition) is 0. The Morgan fingerprint density at radius 2 is 1.88 bits per heavy atom. The first-order chi connectivity index (χ1) is 12.0. The molecular formula is C20H28N2O3. The molecule has 25 heavy (non-hydrogen) atoms. The monoisotopic (exact) mass is 344 g/mol. The van der Waals surface area contributed by atoms with Crippen LogP contribution in [0.5, 0.6) is 0 Å². The Kier molecular flexibility index (Phi) is 5.30. The van der Waals surface area contributed by atoms with Crippen molar-refractivity contribution in [3.8, 4) is 0 Å². The van der Waals surface area contributed by atoms with Gasteiger partial charge in [0.15, 0.2) is 0 Å². The van der Waals surface area contributed by atoms with Gasteiger partial charge in [-0.05, 0) is 43.4 Å². The number of anilines is 1. The van der Waals surface area contributed by atoms with Gasteiger partial charge in [0, 0.05) is 26.3 Å². The fourth-order valence-corrected chi connectivity index (χ4v) is 4.29. The molecule has 0 N–H and O–H groups in total. The number of carbonyl (C=O) groups excluding carboxylic acids is 2. The zero-order chi connectivity index (χ0) is 18.0. The van der Waals surface area contributed by atoms with Crippen molar-refractivity contribution in [3.05, 3.63) is 29.8 Å². The zero-order valence-corrected chi connectivity index (χ0v) is 15.4. The van der Waals surface area contributed by atoms with Crippen LogP contribution < -0.4 is 4.90 Å².